The Balaban J connectivity index is 2.06. The van der Waals surface area contributed by atoms with Crippen molar-refractivity contribution in [2.24, 2.45) is 10.7 Å². The lowest BCUT2D eigenvalue weighted by atomic mass is 10.1. The first-order valence-corrected chi connectivity index (χ1v) is 6.67. The molecule has 0 aliphatic rings. The van der Waals surface area contributed by atoms with Crippen molar-refractivity contribution in [3.8, 4) is 5.88 Å². The fraction of sp³-hybridized carbons (Fsp3) is 0.250. The normalized spacial score (nSPS) is 12.3. The first kappa shape index (κ1) is 15.9. The zero-order valence-electron chi connectivity index (χ0n) is 12.4. The maximum Gasteiger partial charge on any atom is 0.270 e. The molecule has 0 spiro atoms. The van der Waals surface area contributed by atoms with Gasteiger partial charge in [-0.25, -0.2) is 13.8 Å². The van der Waals surface area contributed by atoms with Gasteiger partial charge in [0, 0.05) is 30.3 Å². The topological polar surface area (TPSA) is 60.5 Å². The maximum atomic E-state index is 13.1. The van der Waals surface area contributed by atoms with Gasteiger partial charge >= 0.3 is 0 Å². The van der Waals surface area contributed by atoms with Gasteiger partial charge in [0.25, 0.3) is 5.92 Å². The van der Waals surface area contributed by atoms with Crippen LogP contribution in [0.15, 0.2) is 47.6 Å². The van der Waals surface area contributed by atoms with Crippen LogP contribution in [0.3, 0.4) is 0 Å². The molecular weight excluding hydrogens is 288 g/mol. The Morgan fingerprint density at radius 2 is 1.91 bits per heavy atom. The van der Waals surface area contributed by atoms with Crippen molar-refractivity contribution >= 4 is 5.84 Å². The van der Waals surface area contributed by atoms with Gasteiger partial charge in [-0.1, -0.05) is 24.3 Å². The summed E-state index contributed by atoms with van der Waals surface area (Å²) in [6, 6.07) is 9.48. The molecule has 0 fully saturated rings. The molecule has 6 heteroatoms. The van der Waals surface area contributed by atoms with Crippen molar-refractivity contribution in [1.29, 1.82) is 0 Å². The summed E-state index contributed by atoms with van der Waals surface area (Å²) in [7, 11) is 1.53. The van der Waals surface area contributed by atoms with Crippen molar-refractivity contribution < 1.29 is 13.5 Å². The van der Waals surface area contributed by atoms with Crippen LogP contribution in [0.1, 0.15) is 23.6 Å². The molecule has 2 rings (SSSR count). The van der Waals surface area contributed by atoms with Gasteiger partial charge in [0.1, 0.15) is 5.84 Å². The van der Waals surface area contributed by atoms with E-state index in [9.17, 15) is 8.78 Å². The Labute approximate surface area is 127 Å². The van der Waals surface area contributed by atoms with Crippen LogP contribution in [0.25, 0.3) is 0 Å². The number of rotatable bonds is 5. The van der Waals surface area contributed by atoms with Crippen molar-refractivity contribution in [3.63, 3.8) is 0 Å². The van der Waals surface area contributed by atoms with Crippen LogP contribution in [0.2, 0.25) is 0 Å². The fourth-order valence-corrected chi connectivity index (χ4v) is 1.82. The molecule has 0 saturated carbocycles. The Morgan fingerprint density at radius 1 is 1.23 bits per heavy atom. The summed E-state index contributed by atoms with van der Waals surface area (Å²) in [6.45, 7) is 1.18. The highest BCUT2D eigenvalue weighted by molar-refractivity contribution is 5.97. The maximum absolute atomic E-state index is 13.1. The highest BCUT2D eigenvalue weighted by Gasteiger charge is 2.23. The van der Waals surface area contributed by atoms with Crippen LogP contribution < -0.4 is 10.5 Å². The summed E-state index contributed by atoms with van der Waals surface area (Å²) in [4.78, 5) is 8.28. The number of ether oxygens (including phenoxy) is 1. The molecule has 22 heavy (non-hydrogen) atoms. The molecule has 2 N–H and O–H groups in total. The van der Waals surface area contributed by atoms with E-state index in [0.717, 1.165) is 12.5 Å². The fourth-order valence-electron chi connectivity index (χ4n) is 1.82. The van der Waals surface area contributed by atoms with Crippen LogP contribution in [-0.4, -0.2) is 17.9 Å². The second-order valence-corrected chi connectivity index (χ2v) is 4.88. The predicted molar refractivity (Wildman–Crippen MR) is 81.2 cm³/mol. The SMILES string of the molecule is COc1ccc(C(N)=NCc2ccc(C(C)(F)F)cc2)cn1. The molecule has 2 aromatic rings. The lowest BCUT2D eigenvalue weighted by Gasteiger charge is -2.10. The average molecular weight is 305 g/mol. The predicted octanol–water partition coefficient (Wildman–Crippen LogP) is 3.11. The number of pyridine rings is 1. The summed E-state index contributed by atoms with van der Waals surface area (Å²) in [5.41, 5.74) is 7.34. The number of amidine groups is 1. The highest BCUT2D eigenvalue weighted by atomic mass is 19.3. The summed E-state index contributed by atoms with van der Waals surface area (Å²) < 4.78 is 31.2. The lowest BCUT2D eigenvalue weighted by molar-refractivity contribution is 0.0174. The second kappa shape index (κ2) is 6.51. The Kier molecular flexibility index (Phi) is 4.70. The van der Waals surface area contributed by atoms with Gasteiger partial charge in [-0.05, 0) is 11.6 Å². The van der Waals surface area contributed by atoms with Crippen molar-refractivity contribution in [3.05, 3.63) is 59.3 Å². The number of hydrogen-bond donors (Lipinski definition) is 1. The van der Waals surface area contributed by atoms with E-state index in [4.69, 9.17) is 10.5 Å². The van der Waals surface area contributed by atoms with E-state index < -0.39 is 5.92 Å². The molecular formula is C16H17F2N3O. The van der Waals surface area contributed by atoms with E-state index in [1.54, 1.807) is 30.5 Å². The molecule has 0 bridgehead atoms. The third-order valence-corrected chi connectivity index (χ3v) is 3.13. The van der Waals surface area contributed by atoms with Gasteiger partial charge in [-0.15, -0.1) is 0 Å². The monoisotopic (exact) mass is 305 g/mol. The van der Waals surface area contributed by atoms with E-state index >= 15 is 0 Å². The van der Waals surface area contributed by atoms with Crippen LogP contribution in [0, 0.1) is 0 Å². The summed E-state index contributed by atoms with van der Waals surface area (Å²) in [5.74, 6) is -2.01. The molecule has 1 aromatic heterocycles. The zero-order valence-corrected chi connectivity index (χ0v) is 12.4. The zero-order chi connectivity index (χ0) is 16.2. The molecule has 0 aliphatic carbocycles. The lowest BCUT2D eigenvalue weighted by Crippen LogP contribution is -2.14. The standard InChI is InChI=1S/C16H17F2N3O/c1-16(17,18)13-6-3-11(4-7-13)9-21-15(19)12-5-8-14(22-2)20-10-12/h3-8,10H,9H2,1-2H3,(H2,19,21). The summed E-state index contributed by atoms with van der Waals surface area (Å²) in [6.07, 6.45) is 1.57. The minimum absolute atomic E-state index is 0.0208. The van der Waals surface area contributed by atoms with E-state index in [-0.39, 0.29) is 5.56 Å². The highest BCUT2D eigenvalue weighted by Crippen LogP contribution is 2.26. The van der Waals surface area contributed by atoms with Gasteiger partial charge in [-0.2, -0.15) is 0 Å². The smallest absolute Gasteiger partial charge is 0.270 e. The molecule has 0 atom stereocenters. The molecule has 1 aromatic carbocycles. The molecule has 0 saturated heterocycles. The van der Waals surface area contributed by atoms with Crippen LogP contribution >= 0.6 is 0 Å². The van der Waals surface area contributed by atoms with Crippen LogP contribution in [0.4, 0.5) is 8.78 Å². The first-order valence-electron chi connectivity index (χ1n) is 6.67. The number of benzene rings is 1. The largest absolute Gasteiger partial charge is 0.481 e. The summed E-state index contributed by atoms with van der Waals surface area (Å²) in [5, 5.41) is 0. The van der Waals surface area contributed by atoms with Crippen LogP contribution in [-0.2, 0) is 12.5 Å². The van der Waals surface area contributed by atoms with E-state index in [1.165, 1.54) is 19.2 Å². The second-order valence-electron chi connectivity index (χ2n) is 4.88. The number of aliphatic imine (C=N–C) groups is 1. The number of alkyl halides is 2. The van der Waals surface area contributed by atoms with Crippen LogP contribution in [0.5, 0.6) is 5.88 Å². The van der Waals surface area contributed by atoms with Gasteiger partial charge < -0.3 is 10.5 Å². The number of methoxy groups -OCH3 is 1. The van der Waals surface area contributed by atoms with Gasteiger partial charge in [0.2, 0.25) is 5.88 Å². The number of halogens is 2. The van der Waals surface area contributed by atoms with Crippen molar-refractivity contribution in [2.75, 3.05) is 7.11 Å². The average Bonchev–Trinajstić information content (AvgIpc) is 2.52. The third kappa shape index (κ3) is 4.00. The number of hydrogen-bond acceptors (Lipinski definition) is 3. The third-order valence-electron chi connectivity index (χ3n) is 3.13. The Morgan fingerprint density at radius 3 is 2.41 bits per heavy atom. The van der Waals surface area contributed by atoms with E-state index in [2.05, 4.69) is 9.98 Å². The minimum atomic E-state index is -2.84. The summed E-state index contributed by atoms with van der Waals surface area (Å²) >= 11 is 0. The van der Waals surface area contributed by atoms with Crippen molar-refractivity contribution in [1.82, 2.24) is 4.98 Å². The first-order chi connectivity index (χ1) is 10.4. The molecule has 0 radical (unpaired) electrons. The molecule has 0 aliphatic heterocycles. The van der Waals surface area contributed by atoms with E-state index in [0.29, 0.717) is 23.8 Å². The molecule has 0 unspecified atom stereocenters. The number of nitrogens with zero attached hydrogens (tertiary/aromatic N) is 2. The van der Waals surface area contributed by atoms with Gasteiger partial charge in [0.05, 0.1) is 13.7 Å². The molecule has 4 nitrogen and oxygen atoms in total. The Hall–Kier alpha value is -2.50. The molecule has 116 valence electrons. The Bertz CT molecular complexity index is 647. The molecule has 1 heterocycles. The minimum Gasteiger partial charge on any atom is -0.481 e. The van der Waals surface area contributed by atoms with Gasteiger partial charge in [-0.3, -0.25) is 4.99 Å². The van der Waals surface area contributed by atoms with Crippen molar-refractivity contribution in [2.45, 2.75) is 19.4 Å². The quantitative estimate of drug-likeness (QED) is 0.682. The van der Waals surface area contributed by atoms with Gasteiger partial charge in [0.15, 0.2) is 0 Å². The number of nitrogens with two attached hydrogens (primary N) is 1. The number of aromatic nitrogens is 1. The molecule has 0 amide bonds. The van der Waals surface area contributed by atoms with E-state index in [1.807, 2.05) is 0 Å².